The average molecular weight is 257 g/mol. The molecule has 0 unspecified atom stereocenters. The lowest BCUT2D eigenvalue weighted by Gasteiger charge is -2.29. The summed E-state index contributed by atoms with van der Waals surface area (Å²) < 4.78 is 0. The summed E-state index contributed by atoms with van der Waals surface area (Å²) in [6, 6.07) is 0. The molecule has 15 heavy (non-hydrogen) atoms. The van der Waals surface area contributed by atoms with Crippen LogP contribution < -0.4 is 0 Å². The molecule has 1 heterocycles. The fraction of sp³-hybridized carbons (Fsp3) is 1.00. The van der Waals surface area contributed by atoms with E-state index in [1.807, 2.05) is 0 Å². The Morgan fingerprint density at radius 1 is 0.933 bits per heavy atom. The smallest absolute Gasteiger partial charge is 0.0109 e. The molecule has 1 fully saturated rings. The van der Waals surface area contributed by atoms with Crippen LogP contribution in [0.3, 0.4) is 0 Å². The molecule has 0 N–H and O–H groups in total. The predicted molar refractivity (Wildman–Crippen MR) is 72.6 cm³/mol. The second-order valence-corrected chi connectivity index (χ2v) is 3.93. The summed E-state index contributed by atoms with van der Waals surface area (Å²) in [5.41, 5.74) is 0. The minimum atomic E-state index is 0. The summed E-state index contributed by atoms with van der Waals surface area (Å²) in [5.74, 6) is 0. The van der Waals surface area contributed by atoms with Crippen LogP contribution >= 0.6 is 24.8 Å². The Kier molecular flexibility index (Phi) is 13.1. The van der Waals surface area contributed by atoms with Crippen molar-refractivity contribution in [3.05, 3.63) is 0 Å². The normalized spacial score (nSPS) is 17.0. The quantitative estimate of drug-likeness (QED) is 0.747. The number of likely N-dealkylation sites (N-methyl/N-ethyl adjacent to an activating group) is 1. The van der Waals surface area contributed by atoms with E-state index in [0.29, 0.717) is 0 Å². The number of likely N-dealkylation sites (tertiary alicyclic amines) is 1. The highest BCUT2D eigenvalue weighted by Gasteiger charge is 2.10. The number of hydrogen-bond acceptors (Lipinski definition) is 2. The zero-order valence-corrected chi connectivity index (χ0v) is 11.7. The van der Waals surface area contributed by atoms with Gasteiger partial charge < -0.3 is 9.80 Å². The van der Waals surface area contributed by atoms with Crippen LogP contribution in [0.15, 0.2) is 0 Å². The SMILES string of the molecule is CCN(CC)CCN1CCCCC1.Cl.Cl. The van der Waals surface area contributed by atoms with Gasteiger partial charge in [0.25, 0.3) is 0 Å². The van der Waals surface area contributed by atoms with Gasteiger partial charge in [0.15, 0.2) is 0 Å². The lowest BCUT2D eigenvalue weighted by atomic mass is 10.1. The van der Waals surface area contributed by atoms with E-state index in [2.05, 4.69) is 23.6 Å². The van der Waals surface area contributed by atoms with E-state index in [-0.39, 0.29) is 24.8 Å². The molecule has 2 nitrogen and oxygen atoms in total. The number of nitrogens with zero attached hydrogens (tertiary/aromatic N) is 2. The molecule has 0 radical (unpaired) electrons. The van der Waals surface area contributed by atoms with Gasteiger partial charge in [-0.1, -0.05) is 20.3 Å². The monoisotopic (exact) mass is 256 g/mol. The van der Waals surface area contributed by atoms with Gasteiger partial charge in [0.05, 0.1) is 0 Å². The second-order valence-electron chi connectivity index (χ2n) is 3.93. The maximum absolute atomic E-state index is 2.61. The Hall–Kier alpha value is 0.500. The summed E-state index contributed by atoms with van der Waals surface area (Å²) in [4.78, 5) is 5.12. The number of halogens is 2. The summed E-state index contributed by atoms with van der Waals surface area (Å²) in [6.07, 6.45) is 4.28. The predicted octanol–water partition coefficient (Wildman–Crippen LogP) is 2.66. The van der Waals surface area contributed by atoms with Crippen molar-refractivity contribution in [2.24, 2.45) is 0 Å². The van der Waals surface area contributed by atoms with Crippen LogP contribution in [0.25, 0.3) is 0 Å². The van der Waals surface area contributed by atoms with Gasteiger partial charge in [0, 0.05) is 13.1 Å². The highest BCUT2D eigenvalue weighted by molar-refractivity contribution is 5.85. The van der Waals surface area contributed by atoms with Crippen molar-refractivity contribution in [1.82, 2.24) is 9.80 Å². The van der Waals surface area contributed by atoms with Gasteiger partial charge >= 0.3 is 0 Å². The lowest BCUT2D eigenvalue weighted by molar-refractivity contribution is 0.189. The summed E-state index contributed by atoms with van der Waals surface area (Å²) in [6.45, 7) is 12.1. The lowest BCUT2D eigenvalue weighted by Crippen LogP contribution is -2.37. The third-order valence-electron chi connectivity index (χ3n) is 3.08. The molecule has 0 aromatic heterocycles. The maximum Gasteiger partial charge on any atom is 0.0109 e. The first-order chi connectivity index (χ1) is 6.36. The minimum absolute atomic E-state index is 0. The molecule has 0 saturated carbocycles. The van der Waals surface area contributed by atoms with E-state index in [1.165, 1.54) is 58.5 Å². The number of piperidine rings is 1. The van der Waals surface area contributed by atoms with Crippen molar-refractivity contribution in [1.29, 1.82) is 0 Å². The van der Waals surface area contributed by atoms with E-state index in [9.17, 15) is 0 Å². The van der Waals surface area contributed by atoms with Gasteiger partial charge in [-0.3, -0.25) is 0 Å². The van der Waals surface area contributed by atoms with Crippen molar-refractivity contribution in [2.75, 3.05) is 39.3 Å². The van der Waals surface area contributed by atoms with E-state index in [0.717, 1.165) is 0 Å². The number of hydrogen-bond donors (Lipinski definition) is 0. The Morgan fingerprint density at radius 3 is 1.93 bits per heavy atom. The molecule has 0 atom stereocenters. The first-order valence-corrected chi connectivity index (χ1v) is 5.81. The van der Waals surface area contributed by atoms with Gasteiger partial charge in [-0.2, -0.15) is 0 Å². The molecule has 0 aromatic rings. The van der Waals surface area contributed by atoms with Crippen LogP contribution in [0.4, 0.5) is 0 Å². The van der Waals surface area contributed by atoms with Gasteiger partial charge in [0.1, 0.15) is 0 Å². The first-order valence-electron chi connectivity index (χ1n) is 5.81. The van der Waals surface area contributed by atoms with E-state index in [1.54, 1.807) is 0 Å². The van der Waals surface area contributed by atoms with E-state index >= 15 is 0 Å². The molecule has 1 aliphatic heterocycles. The van der Waals surface area contributed by atoms with Crippen molar-refractivity contribution in [3.8, 4) is 0 Å². The molecule has 0 amide bonds. The third-order valence-corrected chi connectivity index (χ3v) is 3.08. The Labute approximate surface area is 107 Å². The molecule has 1 aliphatic rings. The van der Waals surface area contributed by atoms with Crippen molar-refractivity contribution in [2.45, 2.75) is 33.1 Å². The topological polar surface area (TPSA) is 6.48 Å². The van der Waals surface area contributed by atoms with Crippen LogP contribution in [0, 0.1) is 0 Å². The standard InChI is InChI=1S/C11H24N2.2ClH/c1-3-12(4-2)10-11-13-8-6-5-7-9-13;;/h3-11H2,1-2H3;2*1H. The largest absolute Gasteiger partial charge is 0.303 e. The van der Waals surface area contributed by atoms with E-state index in [4.69, 9.17) is 0 Å². The second kappa shape index (κ2) is 11.0. The molecule has 4 heteroatoms. The van der Waals surface area contributed by atoms with Crippen LogP contribution in [0.2, 0.25) is 0 Å². The van der Waals surface area contributed by atoms with Crippen LogP contribution in [-0.4, -0.2) is 49.1 Å². The molecule has 0 aliphatic carbocycles. The highest BCUT2D eigenvalue weighted by Crippen LogP contribution is 2.07. The van der Waals surface area contributed by atoms with Crippen molar-refractivity contribution < 1.29 is 0 Å². The molecule has 0 bridgehead atoms. The van der Waals surface area contributed by atoms with Gasteiger partial charge in [0.2, 0.25) is 0 Å². The average Bonchev–Trinajstić information content (AvgIpc) is 2.21. The third kappa shape index (κ3) is 7.40. The molecule has 1 saturated heterocycles. The zero-order chi connectivity index (χ0) is 9.52. The van der Waals surface area contributed by atoms with Gasteiger partial charge in [-0.25, -0.2) is 0 Å². The fourth-order valence-electron chi connectivity index (χ4n) is 2.01. The van der Waals surface area contributed by atoms with Crippen LogP contribution in [0.5, 0.6) is 0 Å². The Bertz CT molecular complexity index is 124. The van der Waals surface area contributed by atoms with Crippen molar-refractivity contribution >= 4 is 24.8 Å². The zero-order valence-electron chi connectivity index (χ0n) is 10.1. The molecule has 0 aromatic carbocycles. The Balaban J connectivity index is 0. The van der Waals surface area contributed by atoms with Gasteiger partial charge in [-0.05, 0) is 39.0 Å². The van der Waals surface area contributed by atoms with Crippen LogP contribution in [0.1, 0.15) is 33.1 Å². The van der Waals surface area contributed by atoms with Crippen molar-refractivity contribution in [3.63, 3.8) is 0 Å². The summed E-state index contributed by atoms with van der Waals surface area (Å²) >= 11 is 0. The highest BCUT2D eigenvalue weighted by atomic mass is 35.5. The van der Waals surface area contributed by atoms with E-state index < -0.39 is 0 Å². The van der Waals surface area contributed by atoms with Crippen LogP contribution in [-0.2, 0) is 0 Å². The summed E-state index contributed by atoms with van der Waals surface area (Å²) in [7, 11) is 0. The molecular weight excluding hydrogens is 231 g/mol. The fourth-order valence-corrected chi connectivity index (χ4v) is 2.01. The number of rotatable bonds is 5. The van der Waals surface area contributed by atoms with Gasteiger partial charge in [-0.15, -0.1) is 24.8 Å². The molecule has 94 valence electrons. The minimum Gasteiger partial charge on any atom is -0.303 e. The molecule has 0 spiro atoms. The maximum atomic E-state index is 2.61. The first kappa shape index (κ1) is 17.9. The molecule has 1 rings (SSSR count). The molecular formula is C11H26Cl2N2. The summed E-state index contributed by atoms with van der Waals surface area (Å²) in [5, 5.41) is 0. The Morgan fingerprint density at radius 2 is 1.47 bits per heavy atom.